The van der Waals surface area contributed by atoms with E-state index in [-0.39, 0.29) is 23.7 Å². The zero-order chi connectivity index (χ0) is 19.0. The lowest BCUT2D eigenvalue weighted by molar-refractivity contribution is -0.137. The molecule has 0 saturated heterocycles. The molecule has 27 heavy (non-hydrogen) atoms. The average Bonchev–Trinajstić information content (AvgIpc) is 3.07. The summed E-state index contributed by atoms with van der Waals surface area (Å²) in [5.41, 5.74) is 6.43. The molecule has 0 spiro atoms. The Bertz CT molecular complexity index is 952. The molecule has 1 saturated carbocycles. The molecule has 1 aliphatic carbocycles. The van der Waals surface area contributed by atoms with Gasteiger partial charge in [0.1, 0.15) is 17.0 Å². The lowest BCUT2D eigenvalue weighted by atomic mass is 9.91. The number of fused-ring (bicyclic) bond motifs is 1. The minimum Gasteiger partial charge on any atom is -0.365 e. The Labute approximate surface area is 153 Å². The Balaban J connectivity index is 1.76. The maximum atomic E-state index is 13.5. The highest BCUT2D eigenvalue weighted by molar-refractivity contribution is 5.91. The number of pyridine rings is 1. The zero-order valence-corrected chi connectivity index (χ0v) is 14.4. The first-order valence-electron chi connectivity index (χ1n) is 8.82. The maximum Gasteiger partial charge on any atom is 0.421 e. The number of alkyl halides is 3. The number of H-pyrrole nitrogens is 1. The predicted molar refractivity (Wildman–Crippen MR) is 96.0 cm³/mol. The molecule has 0 radical (unpaired) electrons. The molecular weight excluding hydrogens is 357 g/mol. The predicted octanol–water partition coefficient (Wildman–Crippen LogP) is 3.72. The van der Waals surface area contributed by atoms with Crippen molar-refractivity contribution in [1.82, 2.24) is 19.9 Å². The largest absolute Gasteiger partial charge is 0.421 e. The molecule has 1 fully saturated rings. The summed E-state index contributed by atoms with van der Waals surface area (Å²) in [6.45, 7) is 0. The Kier molecular flexibility index (Phi) is 4.47. The van der Waals surface area contributed by atoms with Gasteiger partial charge in [-0.2, -0.15) is 13.2 Å². The molecule has 0 amide bonds. The van der Waals surface area contributed by atoms with Gasteiger partial charge in [-0.1, -0.05) is 12.8 Å². The van der Waals surface area contributed by atoms with Gasteiger partial charge in [-0.25, -0.2) is 15.0 Å². The highest BCUT2D eigenvalue weighted by Crippen LogP contribution is 2.36. The number of hydrogen-bond donors (Lipinski definition) is 3. The Morgan fingerprint density at radius 1 is 1.19 bits per heavy atom. The van der Waals surface area contributed by atoms with Crippen LogP contribution in [0.4, 0.5) is 19.0 Å². The van der Waals surface area contributed by atoms with Crippen molar-refractivity contribution < 1.29 is 13.2 Å². The summed E-state index contributed by atoms with van der Waals surface area (Å²) in [6.07, 6.45) is 2.97. The van der Waals surface area contributed by atoms with Crippen molar-refractivity contribution in [2.75, 3.05) is 5.32 Å². The van der Waals surface area contributed by atoms with Gasteiger partial charge < -0.3 is 16.0 Å². The van der Waals surface area contributed by atoms with Crippen LogP contribution in [0.1, 0.15) is 31.2 Å². The summed E-state index contributed by atoms with van der Waals surface area (Å²) in [7, 11) is 0. The average molecular weight is 376 g/mol. The van der Waals surface area contributed by atoms with Crippen LogP contribution in [-0.2, 0) is 6.18 Å². The molecule has 6 nitrogen and oxygen atoms in total. The van der Waals surface area contributed by atoms with E-state index in [2.05, 4.69) is 25.3 Å². The van der Waals surface area contributed by atoms with Gasteiger partial charge in [0, 0.05) is 41.6 Å². The van der Waals surface area contributed by atoms with Gasteiger partial charge in [0.2, 0.25) is 0 Å². The number of aromatic amines is 1. The standard InChI is InChI=1S/C18H19F3N6/c19-18(20,21)12-9-25-16(11-8-24-15-10(11)4-3-7-23-15)27-17(12)26-14-6-2-1-5-13(14)22/h3-4,7-9,13-14H,1-2,5-6,22H2,(H,23,24)(H,25,26,27). The van der Waals surface area contributed by atoms with E-state index in [9.17, 15) is 13.2 Å². The van der Waals surface area contributed by atoms with Gasteiger partial charge in [0.25, 0.3) is 0 Å². The van der Waals surface area contributed by atoms with E-state index < -0.39 is 11.7 Å². The van der Waals surface area contributed by atoms with E-state index in [0.717, 1.165) is 37.3 Å². The molecule has 9 heteroatoms. The third kappa shape index (κ3) is 3.46. The van der Waals surface area contributed by atoms with Gasteiger partial charge in [-0.05, 0) is 25.0 Å². The number of nitrogens with zero attached hydrogens (tertiary/aromatic N) is 3. The van der Waals surface area contributed by atoms with E-state index in [1.54, 1.807) is 18.5 Å². The van der Waals surface area contributed by atoms with Crippen molar-refractivity contribution in [3.63, 3.8) is 0 Å². The van der Waals surface area contributed by atoms with Crippen molar-refractivity contribution >= 4 is 16.9 Å². The van der Waals surface area contributed by atoms with Crippen LogP contribution < -0.4 is 11.1 Å². The van der Waals surface area contributed by atoms with E-state index in [0.29, 0.717) is 11.2 Å². The quantitative estimate of drug-likeness (QED) is 0.648. The minimum atomic E-state index is -4.55. The van der Waals surface area contributed by atoms with Crippen LogP contribution >= 0.6 is 0 Å². The second kappa shape index (κ2) is 6.80. The molecule has 3 aromatic rings. The fraction of sp³-hybridized carbons (Fsp3) is 0.389. The number of halogens is 3. The van der Waals surface area contributed by atoms with Crippen LogP contribution in [0, 0.1) is 0 Å². The third-order valence-electron chi connectivity index (χ3n) is 4.93. The van der Waals surface area contributed by atoms with Crippen LogP contribution in [0.5, 0.6) is 0 Å². The Morgan fingerprint density at radius 3 is 2.78 bits per heavy atom. The van der Waals surface area contributed by atoms with Gasteiger partial charge in [-0.15, -0.1) is 0 Å². The molecular formula is C18H19F3N6. The maximum absolute atomic E-state index is 13.5. The normalized spacial score (nSPS) is 20.7. The Morgan fingerprint density at radius 2 is 2.00 bits per heavy atom. The first kappa shape index (κ1) is 17.7. The topological polar surface area (TPSA) is 92.5 Å². The number of nitrogens with two attached hydrogens (primary N) is 1. The summed E-state index contributed by atoms with van der Waals surface area (Å²) in [4.78, 5) is 15.3. The molecule has 4 rings (SSSR count). The molecule has 3 aromatic heterocycles. The first-order valence-corrected chi connectivity index (χ1v) is 8.82. The summed E-state index contributed by atoms with van der Waals surface area (Å²) < 4.78 is 40.4. The van der Waals surface area contributed by atoms with Gasteiger partial charge in [-0.3, -0.25) is 0 Å². The number of aromatic nitrogens is 4. The third-order valence-corrected chi connectivity index (χ3v) is 4.93. The molecule has 1 aliphatic rings. The van der Waals surface area contributed by atoms with Crippen molar-refractivity contribution in [3.8, 4) is 11.4 Å². The van der Waals surface area contributed by atoms with Crippen LogP contribution in [0.25, 0.3) is 22.4 Å². The summed E-state index contributed by atoms with van der Waals surface area (Å²) in [5, 5.41) is 3.68. The molecule has 0 aliphatic heterocycles. The summed E-state index contributed by atoms with van der Waals surface area (Å²) in [6, 6.07) is 3.13. The molecule has 2 atom stereocenters. The molecule has 0 bridgehead atoms. The molecule has 2 unspecified atom stereocenters. The number of anilines is 1. The lowest BCUT2D eigenvalue weighted by Crippen LogP contribution is -2.43. The monoisotopic (exact) mass is 376 g/mol. The summed E-state index contributed by atoms with van der Waals surface area (Å²) >= 11 is 0. The van der Waals surface area contributed by atoms with Crippen LogP contribution in [0.2, 0.25) is 0 Å². The smallest absolute Gasteiger partial charge is 0.365 e. The van der Waals surface area contributed by atoms with Crippen LogP contribution in [-0.4, -0.2) is 32.0 Å². The molecule has 0 aromatic carbocycles. The van der Waals surface area contributed by atoms with Crippen LogP contribution in [0.15, 0.2) is 30.7 Å². The van der Waals surface area contributed by atoms with Crippen molar-refractivity contribution in [1.29, 1.82) is 0 Å². The molecule has 142 valence electrons. The van der Waals surface area contributed by atoms with E-state index >= 15 is 0 Å². The lowest BCUT2D eigenvalue weighted by Gasteiger charge is -2.30. The first-order chi connectivity index (χ1) is 12.9. The van der Waals surface area contributed by atoms with Crippen molar-refractivity contribution in [2.45, 2.75) is 43.9 Å². The van der Waals surface area contributed by atoms with Gasteiger partial charge in [0.15, 0.2) is 5.82 Å². The van der Waals surface area contributed by atoms with Gasteiger partial charge in [0.05, 0.1) is 0 Å². The highest BCUT2D eigenvalue weighted by atomic mass is 19.4. The fourth-order valence-electron chi connectivity index (χ4n) is 3.48. The van der Waals surface area contributed by atoms with E-state index in [1.165, 1.54) is 0 Å². The second-order valence-electron chi connectivity index (χ2n) is 6.75. The minimum absolute atomic E-state index is 0.199. The fourth-order valence-corrected chi connectivity index (χ4v) is 3.48. The van der Waals surface area contributed by atoms with Crippen LogP contribution in [0.3, 0.4) is 0 Å². The zero-order valence-electron chi connectivity index (χ0n) is 14.4. The Hall–Kier alpha value is -2.68. The number of nitrogens with one attached hydrogen (secondary N) is 2. The highest BCUT2D eigenvalue weighted by Gasteiger charge is 2.36. The number of hydrogen-bond acceptors (Lipinski definition) is 5. The van der Waals surface area contributed by atoms with E-state index in [4.69, 9.17) is 5.73 Å². The second-order valence-corrected chi connectivity index (χ2v) is 6.75. The number of rotatable bonds is 3. The molecule has 4 N–H and O–H groups in total. The molecule has 3 heterocycles. The summed E-state index contributed by atoms with van der Waals surface area (Å²) in [5.74, 6) is -0.0257. The van der Waals surface area contributed by atoms with Crippen molar-refractivity contribution in [2.24, 2.45) is 5.73 Å². The van der Waals surface area contributed by atoms with Gasteiger partial charge >= 0.3 is 6.18 Å². The van der Waals surface area contributed by atoms with E-state index in [1.807, 2.05) is 6.07 Å². The SMILES string of the molecule is NC1CCCCC1Nc1nc(-c2c[nH]c3ncccc23)ncc1C(F)(F)F. The van der Waals surface area contributed by atoms with Crippen molar-refractivity contribution in [3.05, 3.63) is 36.3 Å².